The van der Waals surface area contributed by atoms with Crippen molar-refractivity contribution in [3.63, 3.8) is 0 Å². The van der Waals surface area contributed by atoms with E-state index >= 15 is 0 Å². The summed E-state index contributed by atoms with van der Waals surface area (Å²) in [7, 11) is 0. The Kier molecular flexibility index (Phi) is 4.31. The average molecular weight is 256 g/mol. The molecule has 0 spiro atoms. The monoisotopic (exact) mass is 256 g/mol. The highest BCUT2D eigenvalue weighted by Gasteiger charge is 2.08. The number of hydrogen-bond acceptors (Lipinski definition) is 3. The summed E-state index contributed by atoms with van der Waals surface area (Å²) in [4.78, 5) is 11.3. The predicted molar refractivity (Wildman–Crippen MR) is 73.3 cm³/mol. The molecule has 0 bridgehead atoms. The summed E-state index contributed by atoms with van der Waals surface area (Å²) in [6.07, 6.45) is -0.679. The molecule has 1 unspecified atom stereocenters. The summed E-state index contributed by atoms with van der Waals surface area (Å²) in [5.74, 6) is 0.580. The Morgan fingerprint density at radius 1 is 1.16 bits per heavy atom. The van der Waals surface area contributed by atoms with E-state index in [0.29, 0.717) is 11.3 Å². The molecule has 1 N–H and O–H groups in total. The van der Waals surface area contributed by atoms with Crippen molar-refractivity contribution >= 4 is 5.78 Å². The molecule has 0 aliphatic rings. The van der Waals surface area contributed by atoms with Crippen LogP contribution < -0.4 is 4.74 Å². The van der Waals surface area contributed by atoms with Crippen LogP contribution in [0.3, 0.4) is 0 Å². The molecule has 0 aromatic heterocycles. The minimum Gasteiger partial charge on any atom is -0.491 e. The summed E-state index contributed by atoms with van der Waals surface area (Å²) in [5.41, 5.74) is 1.41. The van der Waals surface area contributed by atoms with Crippen LogP contribution in [0, 0.1) is 0 Å². The van der Waals surface area contributed by atoms with E-state index in [1.54, 1.807) is 24.3 Å². The van der Waals surface area contributed by atoms with Crippen LogP contribution in [0.4, 0.5) is 0 Å². The molecule has 0 saturated heterocycles. The second kappa shape index (κ2) is 6.16. The third kappa shape index (κ3) is 3.66. The van der Waals surface area contributed by atoms with E-state index < -0.39 is 6.10 Å². The second-order valence-electron chi connectivity index (χ2n) is 4.32. The van der Waals surface area contributed by atoms with Crippen LogP contribution in [-0.2, 0) is 0 Å². The summed E-state index contributed by atoms with van der Waals surface area (Å²) < 4.78 is 5.51. The number of rotatable bonds is 5. The first-order valence-corrected chi connectivity index (χ1v) is 6.13. The maximum absolute atomic E-state index is 11.3. The van der Waals surface area contributed by atoms with Crippen LogP contribution in [0.5, 0.6) is 5.75 Å². The Morgan fingerprint density at radius 3 is 2.58 bits per heavy atom. The molecule has 0 aliphatic carbocycles. The Balaban J connectivity index is 1.99. The van der Waals surface area contributed by atoms with Crippen LogP contribution in [0.25, 0.3) is 0 Å². The minimum atomic E-state index is -0.679. The molecule has 2 rings (SSSR count). The van der Waals surface area contributed by atoms with Crippen LogP contribution >= 0.6 is 0 Å². The number of hydrogen-bond donors (Lipinski definition) is 1. The van der Waals surface area contributed by atoms with Gasteiger partial charge < -0.3 is 9.84 Å². The molecular weight excluding hydrogens is 240 g/mol. The zero-order valence-corrected chi connectivity index (χ0v) is 10.7. The number of aliphatic hydroxyl groups excluding tert-OH is 1. The van der Waals surface area contributed by atoms with Gasteiger partial charge in [-0.15, -0.1) is 0 Å². The molecule has 0 aliphatic heterocycles. The van der Waals surface area contributed by atoms with Gasteiger partial charge in [-0.3, -0.25) is 4.79 Å². The zero-order valence-electron chi connectivity index (χ0n) is 10.7. The van der Waals surface area contributed by atoms with Gasteiger partial charge >= 0.3 is 0 Å². The SMILES string of the molecule is CC(=O)c1cccc(OCC(O)c2ccccc2)c1. The fourth-order valence-corrected chi connectivity index (χ4v) is 1.75. The molecule has 1 atom stereocenters. The Bertz CT molecular complexity index is 549. The number of benzene rings is 2. The van der Waals surface area contributed by atoms with Crippen molar-refractivity contribution in [2.45, 2.75) is 13.0 Å². The molecule has 0 radical (unpaired) electrons. The number of ether oxygens (including phenoxy) is 1. The fourth-order valence-electron chi connectivity index (χ4n) is 1.75. The summed E-state index contributed by atoms with van der Waals surface area (Å²) in [6, 6.07) is 16.3. The lowest BCUT2D eigenvalue weighted by Gasteiger charge is -2.13. The highest BCUT2D eigenvalue weighted by Crippen LogP contribution is 2.17. The van der Waals surface area contributed by atoms with E-state index in [2.05, 4.69) is 0 Å². The molecule has 98 valence electrons. The van der Waals surface area contributed by atoms with Crippen molar-refractivity contribution in [2.75, 3.05) is 6.61 Å². The van der Waals surface area contributed by atoms with E-state index in [4.69, 9.17) is 4.74 Å². The maximum atomic E-state index is 11.3. The molecule has 3 nitrogen and oxygen atoms in total. The van der Waals surface area contributed by atoms with E-state index in [1.807, 2.05) is 30.3 Å². The first-order valence-electron chi connectivity index (χ1n) is 6.13. The normalized spacial score (nSPS) is 11.9. The maximum Gasteiger partial charge on any atom is 0.159 e. The van der Waals surface area contributed by atoms with E-state index in [9.17, 15) is 9.90 Å². The molecule has 19 heavy (non-hydrogen) atoms. The van der Waals surface area contributed by atoms with E-state index in [-0.39, 0.29) is 12.4 Å². The molecule has 3 heteroatoms. The van der Waals surface area contributed by atoms with Gasteiger partial charge in [0.1, 0.15) is 18.5 Å². The van der Waals surface area contributed by atoms with Crippen LogP contribution in [0.1, 0.15) is 28.9 Å². The van der Waals surface area contributed by atoms with Crippen molar-refractivity contribution in [3.05, 3.63) is 65.7 Å². The first-order chi connectivity index (χ1) is 9.16. The van der Waals surface area contributed by atoms with Gasteiger partial charge in [-0.05, 0) is 24.6 Å². The Morgan fingerprint density at radius 2 is 1.89 bits per heavy atom. The third-order valence-electron chi connectivity index (χ3n) is 2.83. The predicted octanol–water partition coefficient (Wildman–Crippen LogP) is 3.00. The smallest absolute Gasteiger partial charge is 0.159 e. The van der Waals surface area contributed by atoms with Gasteiger partial charge in [0.25, 0.3) is 0 Å². The van der Waals surface area contributed by atoms with Crippen LogP contribution in [-0.4, -0.2) is 17.5 Å². The molecule has 2 aromatic rings. The van der Waals surface area contributed by atoms with Gasteiger partial charge in [0, 0.05) is 5.56 Å². The topological polar surface area (TPSA) is 46.5 Å². The van der Waals surface area contributed by atoms with Crippen molar-refractivity contribution in [2.24, 2.45) is 0 Å². The number of aliphatic hydroxyl groups is 1. The fraction of sp³-hybridized carbons (Fsp3) is 0.188. The second-order valence-corrected chi connectivity index (χ2v) is 4.32. The van der Waals surface area contributed by atoms with Crippen molar-refractivity contribution in [1.29, 1.82) is 0 Å². The lowest BCUT2D eigenvalue weighted by Crippen LogP contribution is -2.09. The average Bonchev–Trinajstić information content (AvgIpc) is 2.46. The van der Waals surface area contributed by atoms with E-state index in [1.165, 1.54) is 6.92 Å². The molecule has 0 amide bonds. The van der Waals surface area contributed by atoms with Crippen LogP contribution in [0.2, 0.25) is 0 Å². The van der Waals surface area contributed by atoms with Gasteiger partial charge in [0.05, 0.1) is 0 Å². The highest BCUT2D eigenvalue weighted by atomic mass is 16.5. The number of ketones is 1. The molecule has 0 saturated carbocycles. The number of carbonyl (C=O) groups excluding carboxylic acids is 1. The zero-order chi connectivity index (χ0) is 13.7. The summed E-state index contributed by atoms with van der Waals surface area (Å²) in [6.45, 7) is 1.67. The van der Waals surface area contributed by atoms with Crippen molar-refractivity contribution < 1.29 is 14.6 Å². The summed E-state index contributed by atoms with van der Waals surface area (Å²) in [5, 5.41) is 9.97. The Hall–Kier alpha value is -2.13. The molecular formula is C16H16O3. The molecule has 0 fully saturated rings. The lowest BCUT2D eigenvalue weighted by atomic mass is 10.1. The largest absolute Gasteiger partial charge is 0.491 e. The van der Waals surface area contributed by atoms with Gasteiger partial charge in [-0.25, -0.2) is 0 Å². The van der Waals surface area contributed by atoms with Gasteiger partial charge in [-0.2, -0.15) is 0 Å². The first kappa shape index (κ1) is 13.3. The minimum absolute atomic E-state index is 0.00550. The quantitative estimate of drug-likeness (QED) is 0.836. The van der Waals surface area contributed by atoms with E-state index in [0.717, 1.165) is 5.56 Å². The van der Waals surface area contributed by atoms with Crippen molar-refractivity contribution in [1.82, 2.24) is 0 Å². The van der Waals surface area contributed by atoms with Crippen LogP contribution in [0.15, 0.2) is 54.6 Å². The molecule has 0 heterocycles. The van der Waals surface area contributed by atoms with Gasteiger partial charge in [0.15, 0.2) is 5.78 Å². The van der Waals surface area contributed by atoms with Gasteiger partial charge in [0.2, 0.25) is 0 Å². The number of carbonyl (C=O) groups is 1. The van der Waals surface area contributed by atoms with Crippen molar-refractivity contribution in [3.8, 4) is 5.75 Å². The summed E-state index contributed by atoms with van der Waals surface area (Å²) >= 11 is 0. The van der Waals surface area contributed by atoms with Gasteiger partial charge in [-0.1, -0.05) is 42.5 Å². The third-order valence-corrected chi connectivity index (χ3v) is 2.83. The highest BCUT2D eigenvalue weighted by molar-refractivity contribution is 5.94. The Labute approximate surface area is 112 Å². The lowest BCUT2D eigenvalue weighted by molar-refractivity contribution is 0.101. The molecule has 2 aromatic carbocycles. The standard InChI is InChI=1S/C16H16O3/c1-12(17)14-8-5-9-15(10-14)19-11-16(18)13-6-3-2-4-7-13/h2-10,16,18H,11H2,1H3. The number of Topliss-reactive ketones (excluding diaryl/α,β-unsaturated/α-hetero) is 1.